The van der Waals surface area contributed by atoms with Gasteiger partial charge in [-0.05, 0) is 32.6 Å². The minimum atomic E-state index is -0.524. The lowest BCUT2D eigenvalue weighted by Gasteiger charge is -2.32. The number of nitrogens with zero attached hydrogens (tertiary/aromatic N) is 4. The van der Waals surface area contributed by atoms with Crippen LogP contribution in [0.3, 0.4) is 0 Å². The molecule has 2 saturated heterocycles. The Morgan fingerprint density at radius 3 is 2.48 bits per heavy atom. The number of halogens is 3. The van der Waals surface area contributed by atoms with Gasteiger partial charge < -0.3 is 19.9 Å². The van der Waals surface area contributed by atoms with Gasteiger partial charge in [0.05, 0.1) is 19.3 Å². The molecule has 6 nitrogen and oxygen atoms in total. The summed E-state index contributed by atoms with van der Waals surface area (Å²) in [6.07, 6.45) is 1.08. The number of hydrogen-bond acceptors (Lipinski definition) is 4. The Kier molecular flexibility index (Phi) is 9.51. The highest BCUT2D eigenvalue weighted by Crippen LogP contribution is 2.24. The third kappa shape index (κ3) is 5.99. The molecule has 0 amide bonds. The molecule has 1 aromatic carbocycles. The number of guanidine groups is 1. The lowest BCUT2D eigenvalue weighted by Crippen LogP contribution is -2.47. The van der Waals surface area contributed by atoms with Gasteiger partial charge in [0, 0.05) is 51.4 Å². The molecule has 0 radical (unpaired) electrons. The van der Waals surface area contributed by atoms with Gasteiger partial charge in [0.25, 0.3) is 0 Å². The van der Waals surface area contributed by atoms with Gasteiger partial charge in [0.15, 0.2) is 5.96 Å². The summed E-state index contributed by atoms with van der Waals surface area (Å²) in [6.45, 7) is 5.73. The molecule has 0 aromatic heterocycles. The molecule has 1 N–H and O–H groups in total. The predicted octanol–water partition coefficient (Wildman–Crippen LogP) is 2.17. The molecule has 0 spiro atoms. The van der Waals surface area contributed by atoms with E-state index in [2.05, 4.69) is 20.1 Å². The maximum Gasteiger partial charge on any atom is 0.193 e. The summed E-state index contributed by atoms with van der Waals surface area (Å²) in [5, 5.41) is 3.33. The summed E-state index contributed by atoms with van der Waals surface area (Å²) in [4.78, 5) is 10.9. The van der Waals surface area contributed by atoms with E-state index in [1.807, 2.05) is 19.0 Å². The number of aliphatic imine (C=N–C) groups is 1. The zero-order valence-electron chi connectivity index (χ0n) is 17.4. The van der Waals surface area contributed by atoms with Gasteiger partial charge in [-0.3, -0.25) is 9.89 Å². The number of morpholine rings is 1. The molecule has 2 aliphatic rings. The molecule has 0 bridgehead atoms. The van der Waals surface area contributed by atoms with Crippen LogP contribution in [0.15, 0.2) is 23.2 Å². The number of likely N-dealkylation sites (tertiary alicyclic amines) is 1. The average Bonchev–Trinajstić information content (AvgIpc) is 3.17. The molecule has 2 unspecified atom stereocenters. The van der Waals surface area contributed by atoms with Crippen molar-refractivity contribution in [1.29, 1.82) is 0 Å². The third-order valence-corrected chi connectivity index (χ3v) is 5.65. The molecular weight excluding hydrogens is 491 g/mol. The summed E-state index contributed by atoms with van der Waals surface area (Å²) < 4.78 is 34.0. The second kappa shape index (κ2) is 11.4. The van der Waals surface area contributed by atoms with Gasteiger partial charge in [-0.25, -0.2) is 8.78 Å². The van der Waals surface area contributed by atoms with E-state index in [1.54, 1.807) is 7.05 Å². The summed E-state index contributed by atoms with van der Waals surface area (Å²) in [5.74, 6) is -0.271. The number of benzene rings is 1. The lowest BCUT2D eigenvalue weighted by molar-refractivity contribution is 0.0195. The normalized spacial score (nSPS) is 21.9. The van der Waals surface area contributed by atoms with Crippen molar-refractivity contribution in [3.63, 3.8) is 0 Å². The Morgan fingerprint density at radius 2 is 1.90 bits per heavy atom. The zero-order valence-corrected chi connectivity index (χ0v) is 19.7. The monoisotopic (exact) mass is 523 g/mol. The van der Waals surface area contributed by atoms with Crippen molar-refractivity contribution in [3.8, 4) is 0 Å². The largest absolute Gasteiger partial charge is 0.379 e. The molecule has 2 heterocycles. The van der Waals surface area contributed by atoms with Gasteiger partial charge in [-0.15, -0.1) is 24.0 Å². The van der Waals surface area contributed by atoms with Crippen LogP contribution in [0.2, 0.25) is 0 Å². The number of ether oxygens (including phenoxy) is 1. The third-order valence-electron chi connectivity index (χ3n) is 5.65. The quantitative estimate of drug-likeness (QED) is 0.364. The molecule has 0 saturated carbocycles. The van der Waals surface area contributed by atoms with Crippen LogP contribution in [0.5, 0.6) is 0 Å². The fourth-order valence-electron chi connectivity index (χ4n) is 4.07. The number of rotatable bonds is 5. The number of nitrogens with one attached hydrogen (secondary N) is 1. The highest BCUT2D eigenvalue weighted by Gasteiger charge is 2.31. The van der Waals surface area contributed by atoms with E-state index in [4.69, 9.17) is 4.74 Å². The van der Waals surface area contributed by atoms with E-state index in [-0.39, 0.29) is 29.5 Å². The maximum atomic E-state index is 14.3. The van der Waals surface area contributed by atoms with Crippen molar-refractivity contribution >= 4 is 29.9 Å². The van der Waals surface area contributed by atoms with E-state index >= 15 is 0 Å². The molecular formula is C20H32F2IN5O. The zero-order chi connectivity index (χ0) is 20.1. The van der Waals surface area contributed by atoms with Gasteiger partial charge in [-0.2, -0.15) is 0 Å². The van der Waals surface area contributed by atoms with Crippen LogP contribution >= 0.6 is 24.0 Å². The Morgan fingerprint density at radius 1 is 1.24 bits per heavy atom. The van der Waals surface area contributed by atoms with E-state index in [0.29, 0.717) is 12.6 Å². The van der Waals surface area contributed by atoms with Gasteiger partial charge >= 0.3 is 0 Å². The van der Waals surface area contributed by atoms with E-state index in [0.717, 1.165) is 51.8 Å². The fourth-order valence-corrected chi connectivity index (χ4v) is 4.07. The van der Waals surface area contributed by atoms with Gasteiger partial charge in [0.1, 0.15) is 11.6 Å². The maximum absolute atomic E-state index is 14.3. The number of likely N-dealkylation sites (N-methyl/N-ethyl adjacent to an activating group) is 1. The molecule has 29 heavy (non-hydrogen) atoms. The first-order valence-corrected chi connectivity index (χ1v) is 9.89. The average molecular weight is 523 g/mol. The molecule has 0 aliphatic carbocycles. The van der Waals surface area contributed by atoms with Crippen LogP contribution in [0.4, 0.5) is 8.78 Å². The molecule has 164 valence electrons. The topological polar surface area (TPSA) is 43.3 Å². The van der Waals surface area contributed by atoms with E-state index in [9.17, 15) is 8.78 Å². The van der Waals surface area contributed by atoms with Crippen molar-refractivity contribution in [1.82, 2.24) is 20.0 Å². The Balaban J connectivity index is 0.00000300. The van der Waals surface area contributed by atoms with Crippen molar-refractivity contribution in [3.05, 3.63) is 35.4 Å². The molecule has 3 rings (SSSR count). The summed E-state index contributed by atoms with van der Waals surface area (Å²) in [5.41, 5.74) is 0.0862. The Labute approximate surface area is 189 Å². The standard InChI is InChI=1S/C20H31F2N5O.HI/c1-23-20(27-8-7-15(14-27)26-9-11-28-12-10-26)24-13-18(25(2)3)19-16(21)5-4-6-17(19)22;/h4-6,15,18H,7-14H2,1-3H3,(H,23,24);1H. The van der Waals surface area contributed by atoms with Crippen LogP contribution in [-0.2, 0) is 4.74 Å². The minimum Gasteiger partial charge on any atom is -0.379 e. The molecule has 9 heteroatoms. The van der Waals surface area contributed by atoms with Crippen molar-refractivity contribution in [2.75, 3.05) is 67.1 Å². The molecule has 2 atom stereocenters. The van der Waals surface area contributed by atoms with Crippen molar-refractivity contribution in [2.24, 2.45) is 4.99 Å². The van der Waals surface area contributed by atoms with Crippen molar-refractivity contribution in [2.45, 2.75) is 18.5 Å². The molecule has 1 aromatic rings. The summed E-state index contributed by atoms with van der Waals surface area (Å²) in [6, 6.07) is 4.06. The second-order valence-electron chi connectivity index (χ2n) is 7.58. The Hall–Kier alpha value is -1.04. The minimum absolute atomic E-state index is 0. The van der Waals surface area contributed by atoms with Crippen LogP contribution in [0.1, 0.15) is 18.0 Å². The van der Waals surface area contributed by atoms with Crippen LogP contribution in [0, 0.1) is 11.6 Å². The van der Waals surface area contributed by atoms with Crippen LogP contribution < -0.4 is 5.32 Å². The fraction of sp³-hybridized carbons (Fsp3) is 0.650. The highest BCUT2D eigenvalue weighted by atomic mass is 127. The SMILES string of the molecule is CN=C(NCC(c1c(F)cccc1F)N(C)C)N1CCC(N2CCOCC2)C1.I. The van der Waals surface area contributed by atoms with Gasteiger partial charge in [0.2, 0.25) is 0 Å². The second-order valence-corrected chi connectivity index (χ2v) is 7.58. The first-order chi connectivity index (χ1) is 13.5. The lowest BCUT2D eigenvalue weighted by atomic mass is 10.0. The first kappa shape index (κ1) is 24.2. The molecule has 2 fully saturated rings. The summed E-state index contributed by atoms with van der Waals surface area (Å²) in [7, 11) is 5.40. The predicted molar refractivity (Wildman–Crippen MR) is 122 cm³/mol. The molecule has 2 aliphatic heterocycles. The van der Waals surface area contributed by atoms with Crippen molar-refractivity contribution < 1.29 is 13.5 Å². The van der Waals surface area contributed by atoms with E-state index < -0.39 is 17.7 Å². The first-order valence-electron chi connectivity index (χ1n) is 9.89. The van der Waals surface area contributed by atoms with Crippen LogP contribution in [-0.4, -0.2) is 93.8 Å². The van der Waals surface area contributed by atoms with E-state index in [1.165, 1.54) is 18.2 Å². The number of hydrogen-bond donors (Lipinski definition) is 1. The Bertz CT molecular complexity index is 665. The highest BCUT2D eigenvalue weighted by molar-refractivity contribution is 14.0. The summed E-state index contributed by atoms with van der Waals surface area (Å²) >= 11 is 0. The van der Waals surface area contributed by atoms with Gasteiger partial charge in [-0.1, -0.05) is 6.07 Å². The smallest absolute Gasteiger partial charge is 0.193 e. The van der Waals surface area contributed by atoms with Crippen LogP contribution in [0.25, 0.3) is 0 Å².